The van der Waals surface area contributed by atoms with Gasteiger partial charge in [-0.1, -0.05) is 0 Å². The lowest BCUT2D eigenvalue weighted by Crippen LogP contribution is -2.42. The molecule has 1 saturated heterocycles. The van der Waals surface area contributed by atoms with E-state index in [4.69, 9.17) is 4.74 Å². The molecule has 2 rings (SSSR count). The third kappa shape index (κ3) is 3.71. The zero-order valence-electron chi connectivity index (χ0n) is 12.4. The summed E-state index contributed by atoms with van der Waals surface area (Å²) in [7, 11) is 1.38. The molecule has 0 atom stereocenters. The van der Waals surface area contributed by atoms with Crippen LogP contribution in [0.5, 0.6) is 0 Å². The molecule has 0 unspecified atom stereocenters. The molecule has 0 N–H and O–H groups in total. The quantitative estimate of drug-likeness (QED) is 0.764. The maximum atomic E-state index is 12.2. The van der Waals surface area contributed by atoms with Gasteiger partial charge in [-0.05, 0) is 31.4 Å². The summed E-state index contributed by atoms with van der Waals surface area (Å²) in [5.41, 5.74) is 0.704. The molecule has 1 aromatic rings. The number of aryl methyl sites for hydroxylation is 1. The monoisotopic (exact) mass is 292 g/mol. The highest BCUT2D eigenvalue weighted by Gasteiger charge is 2.27. The molecule has 114 valence electrons. The number of methoxy groups -OCH3 is 1. The van der Waals surface area contributed by atoms with Crippen LogP contribution in [0.1, 0.15) is 18.4 Å². The van der Waals surface area contributed by atoms with Gasteiger partial charge in [-0.2, -0.15) is 0 Å². The summed E-state index contributed by atoms with van der Waals surface area (Å²) in [6.45, 7) is 2.94. The van der Waals surface area contributed by atoms with Crippen molar-refractivity contribution < 1.29 is 14.3 Å². The summed E-state index contributed by atoms with van der Waals surface area (Å²) in [5, 5.41) is 0. The lowest BCUT2D eigenvalue weighted by molar-refractivity contribution is -0.149. The molecular weight excluding hydrogens is 272 g/mol. The normalized spacial score (nSPS) is 15.8. The van der Waals surface area contributed by atoms with Crippen molar-refractivity contribution in [3.8, 4) is 0 Å². The van der Waals surface area contributed by atoms with Crippen molar-refractivity contribution in [2.75, 3.05) is 20.2 Å². The molecule has 0 radical (unpaired) electrons. The Morgan fingerprint density at radius 3 is 2.57 bits per heavy atom. The van der Waals surface area contributed by atoms with Gasteiger partial charge in [-0.3, -0.25) is 14.4 Å². The molecular formula is C15H20N2O4. The summed E-state index contributed by atoms with van der Waals surface area (Å²) < 4.78 is 6.12. The topological polar surface area (TPSA) is 68.6 Å². The van der Waals surface area contributed by atoms with Crippen molar-refractivity contribution >= 4 is 11.9 Å². The lowest BCUT2D eigenvalue weighted by Gasteiger charge is -2.30. The van der Waals surface area contributed by atoms with Crippen LogP contribution in [0.2, 0.25) is 0 Å². The zero-order valence-corrected chi connectivity index (χ0v) is 12.4. The van der Waals surface area contributed by atoms with Gasteiger partial charge in [0.25, 0.3) is 5.56 Å². The van der Waals surface area contributed by atoms with Gasteiger partial charge in [-0.25, -0.2) is 0 Å². The number of hydrogen-bond acceptors (Lipinski definition) is 4. The van der Waals surface area contributed by atoms with Crippen molar-refractivity contribution in [1.29, 1.82) is 0 Å². The number of nitrogens with zero attached hydrogens (tertiary/aromatic N) is 2. The maximum absolute atomic E-state index is 12.2. The van der Waals surface area contributed by atoms with Crippen LogP contribution >= 0.6 is 0 Å². The number of carbonyl (C=O) groups excluding carboxylic acids is 2. The third-order valence-electron chi connectivity index (χ3n) is 3.84. The zero-order chi connectivity index (χ0) is 15.4. The first-order valence-corrected chi connectivity index (χ1v) is 7.04. The highest BCUT2D eigenvalue weighted by molar-refractivity contribution is 5.77. The van der Waals surface area contributed by atoms with Crippen molar-refractivity contribution in [1.82, 2.24) is 9.47 Å². The Balaban J connectivity index is 1.93. The fraction of sp³-hybridized carbons (Fsp3) is 0.533. The van der Waals surface area contributed by atoms with Crippen LogP contribution in [-0.4, -0.2) is 41.5 Å². The number of amides is 1. The van der Waals surface area contributed by atoms with Crippen LogP contribution in [0, 0.1) is 12.8 Å². The van der Waals surface area contributed by atoms with E-state index in [2.05, 4.69) is 0 Å². The van der Waals surface area contributed by atoms with Crippen LogP contribution in [0.25, 0.3) is 0 Å². The van der Waals surface area contributed by atoms with Gasteiger partial charge in [0, 0.05) is 25.4 Å². The number of piperidine rings is 1. The Kier molecular flexibility index (Phi) is 4.77. The molecule has 0 spiro atoms. The highest BCUT2D eigenvalue weighted by atomic mass is 16.5. The van der Waals surface area contributed by atoms with Gasteiger partial charge in [0.15, 0.2) is 0 Å². The molecule has 6 heteroatoms. The van der Waals surface area contributed by atoms with Crippen LogP contribution in [-0.2, 0) is 20.9 Å². The summed E-state index contributed by atoms with van der Waals surface area (Å²) in [4.78, 5) is 37.1. The second kappa shape index (κ2) is 6.56. The SMILES string of the molecule is COC(=O)C1CCN(C(=O)Cn2ccc(C)cc2=O)CC1. The number of rotatable bonds is 3. The summed E-state index contributed by atoms with van der Waals surface area (Å²) >= 11 is 0. The van der Waals surface area contributed by atoms with Crippen LogP contribution in [0.3, 0.4) is 0 Å². The van der Waals surface area contributed by atoms with Crippen molar-refractivity contribution in [2.45, 2.75) is 26.3 Å². The Morgan fingerprint density at radius 2 is 2.00 bits per heavy atom. The molecule has 0 bridgehead atoms. The van der Waals surface area contributed by atoms with Gasteiger partial charge < -0.3 is 14.2 Å². The summed E-state index contributed by atoms with van der Waals surface area (Å²) in [6, 6.07) is 3.31. The molecule has 1 aromatic heterocycles. The average molecular weight is 292 g/mol. The third-order valence-corrected chi connectivity index (χ3v) is 3.84. The molecule has 0 aliphatic carbocycles. The summed E-state index contributed by atoms with van der Waals surface area (Å²) in [6.07, 6.45) is 2.86. The van der Waals surface area contributed by atoms with Gasteiger partial charge in [0.2, 0.25) is 5.91 Å². The van der Waals surface area contributed by atoms with Gasteiger partial charge in [0.1, 0.15) is 6.54 Å². The maximum Gasteiger partial charge on any atom is 0.308 e. The number of hydrogen-bond donors (Lipinski definition) is 0. The van der Waals surface area contributed by atoms with E-state index in [-0.39, 0.29) is 29.9 Å². The standard InChI is InChI=1S/C15H20N2O4/c1-11-3-6-17(13(18)9-11)10-14(19)16-7-4-12(5-8-16)15(20)21-2/h3,6,9,12H,4-5,7-8,10H2,1-2H3. The average Bonchev–Trinajstić information content (AvgIpc) is 2.49. The molecule has 1 aliphatic heterocycles. The van der Waals surface area contributed by atoms with E-state index >= 15 is 0 Å². The number of pyridine rings is 1. The van der Waals surface area contributed by atoms with E-state index in [1.165, 1.54) is 17.7 Å². The van der Waals surface area contributed by atoms with Crippen LogP contribution < -0.4 is 5.56 Å². The second-order valence-corrected chi connectivity index (χ2v) is 5.35. The smallest absolute Gasteiger partial charge is 0.308 e. The number of aromatic nitrogens is 1. The molecule has 1 aliphatic rings. The largest absolute Gasteiger partial charge is 0.469 e. The van der Waals surface area contributed by atoms with Crippen molar-refractivity contribution in [3.05, 3.63) is 34.2 Å². The fourth-order valence-corrected chi connectivity index (χ4v) is 2.51. The molecule has 6 nitrogen and oxygen atoms in total. The van der Waals surface area contributed by atoms with Crippen LogP contribution in [0.4, 0.5) is 0 Å². The Morgan fingerprint density at radius 1 is 1.33 bits per heavy atom. The molecule has 0 aromatic carbocycles. The molecule has 1 amide bonds. The molecule has 1 fully saturated rings. The molecule has 2 heterocycles. The Bertz CT molecular complexity index is 586. The van der Waals surface area contributed by atoms with E-state index in [0.29, 0.717) is 25.9 Å². The Hall–Kier alpha value is -2.11. The lowest BCUT2D eigenvalue weighted by atomic mass is 9.97. The minimum atomic E-state index is -0.211. The first-order valence-electron chi connectivity index (χ1n) is 7.04. The highest BCUT2D eigenvalue weighted by Crippen LogP contribution is 2.18. The first kappa shape index (κ1) is 15.3. The van der Waals surface area contributed by atoms with Crippen molar-refractivity contribution in [2.24, 2.45) is 5.92 Å². The first-order chi connectivity index (χ1) is 10.0. The molecule has 21 heavy (non-hydrogen) atoms. The van der Waals surface area contributed by atoms with Gasteiger partial charge in [0.05, 0.1) is 13.0 Å². The van der Waals surface area contributed by atoms with E-state index in [1.54, 1.807) is 17.2 Å². The molecule has 0 saturated carbocycles. The second-order valence-electron chi connectivity index (χ2n) is 5.35. The number of esters is 1. The van der Waals surface area contributed by atoms with E-state index in [9.17, 15) is 14.4 Å². The minimum absolute atomic E-state index is 0.0437. The van der Waals surface area contributed by atoms with E-state index < -0.39 is 0 Å². The fourth-order valence-electron chi connectivity index (χ4n) is 2.51. The number of carbonyl (C=O) groups is 2. The number of likely N-dealkylation sites (tertiary alicyclic amines) is 1. The Labute approximate surface area is 123 Å². The summed E-state index contributed by atoms with van der Waals surface area (Å²) in [5.74, 6) is -0.428. The van der Waals surface area contributed by atoms with E-state index in [1.807, 2.05) is 6.92 Å². The van der Waals surface area contributed by atoms with Crippen molar-refractivity contribution in [3.63, 3.8) is 0 Å². The van der Waals surface area contributed by atoms with Crippen LogP contribution in [0.15, 0.2) is 23.1 Å². The van der Waals surface area contributed by atoms with E-state index in [0.717, 1.165) is 5.56 Å². The number of ether oxygens (including phenoxy) is 1. The predicted molar refractivity (Wildman–Crippen MR) is 76.8 cm³/mol. The predicted octanol–water partition coefficient (Wildman–Crippen LogP) is 0.568. The van der Waals surface area contributed by atoms with Gasteiger partial charge >= 0.3 is 5.97 Å². The minimum Gasteiger partial charge on any atom is -0.469 e. The van der Waals surface area contributed by atoms with Gasteiger partial charge in [-0.15, -0.1) is 0 Å².